The second kappa shape index (κ2) is 4.82. The Bertz CT molecular complexity index is 771. The van der Waals surface area contributed by atoms with Crippen LogP contribution in [-0.2, 0) is 11.3 Å². The lowest BCUT2D eigenvalue weighted by Crippen LogP contribution is -2.00. The smallest absolute Gasteiger partial charge is 0.373 e. The van der Waals surface area contributed by atoms with Crippen molar-refractivity contribution < 1.29 is 23.5 Å². The lowest BCUT2D eigenvalue weighted by molar-refractivity contribution is 0.0656. The summed E-state index contributed by atoms with van der Waals surface area (Å²) >= 11 is 0. The van der Waals surface area contributed by atoms with Crippen LogP contribution in [0.5, 0.6) is 0 Å². The number of para-hydroxylation sites is 1. The lowest BCUT2D eigenvalue weighted by Gasteiger charge is -1.92. The Morgan fingerprint density at radius 1 is 1.40 bits per heavy atom. The molecule has 20 heavy (non-hydrogen) atoms. The quantitative estimate of drug-likeness (QED) is 0.786. The molecule has 0 spiro atoms. The van der Waals surface area contributed by atoms with E-state index in [4.69, 9.17) is 18.7 Å². The molecule has 3 aromatic rings. The molecule has 6 heteroatoms. The number of hydrogen-bond acceptors (Lipinski definition) is 5. The molecular formula is C14H11NO5. The highest BCUT2D eigenvalue weighted by Crippen LogP contribution is 2.31. The summed E-state index contributed by atoms with van der Waals surface area (Å²) in [5, 5.41) is 9.92. The van der Waals surface area contributed by atoms with Crippen molar-refractivity contribution in [3.8, 4) is 11.5 Å². The largest absolute Gasteiger partial charge is 0.475 e. The predicted molar refractivity (Wildman–Crippen MR) is 69.4 cm³/mol. The van der Waals surface area contributed by atoms with E-state index in [0.29, 0.717) is 11.1 Å². The van der Waals surface area contributed by atoms with Crippen molar-refractivity contribution in [1.29, 1.82) is 0 Å². The van der Waals surface area contributed by atoms with Gasteiger partial charge in [-0.05, 0) is 6.07 Å². The monoisotopic (exact) mass is 273 g/mol. The molecule has 0 aliphatic carbocycles. The van der Waals surface area contributed by atoms with Crippen LogP contribution in [0.15, 0.2) is 39.4 Å². The first-order valence-corrected chi connectivity index (χ1v) is 5.89. The molecular weight excluding hydrogens is 262 g/mol. The molecule has 0 fully saturated rings. The number of carboxylic acids is 1. The summed E-state index contributed by atoms with van der Waals surface area (Å²) in [6.45, 7) is 0.0704. The third-order valence-electron chi connectivity index (χ3n) is 2.88. The van der Waals surface area contributed by atoms with Crippen LogP contribution in [0.2, 0.25) is 0 Å². The molecule has 0 aliphatic rings. The lowest BCUT2D eigenvalue weighted by atomic mass is 10.2. The molecule has 0 saturated heterocycles. The molecule has 1 aromatic carbocycles. The van der Waals surface area contributed by atoms with Crippen LogP contribution in [0, 0.1) is 0 Å². The van der Waals surface area contributed by atoms with E-state index >= 15 is 0 Å². The molecule has 0 aliphatic heterocycles. The van der Waals surface area contributed by atoms with E-state index < -0.39 is 5.97 Å². The van der Waals surface area contributed by atoms with Gasteiger partial charge in [-0.3, -0.25) is 0 Å². The van der Waals surface area contributed by atoms with E-state index in [-0.39, 0.29) is 24.0 Å². The number of fused-ring (bicyclic) bond motifs is 1. The van der Waals surface area contributed by atoms with Crippen molar-refractivity contribution in [2.45, 2.75) is 6.61 Å². The van der Waals surface area contributed by atoms with Gasteiger partial charge in [0.2, 0.25) is 11.7 Å². The number of ether oxygens (including phenoxy) is 1. The summed E-state index contributed by atoms with van der Waals surface area (Å²) < 4.78 is 15.7. The fourth-order valence-corrected chi connectivity index (χ4v) is 2.01. The number of aromatic carboxylic acids is 1. The van der Waals surface area contributed by atoms with Crippen molar-refractivity contribution in [1.82, 2.24) is 4.98 Å². The normalized spacial score (nSPS) is 11.1. The fraction of sp³-hybridized carbons (Fsp3) is 0.143. The summed E-state index contributed by atoms with van der Waals surface area (Å²) in [7, 11) is 1.47. The van der Waals surface area contributed by atoms with Crippen LogP contribution >= 0.6 is 0 Å². The second-order valence-corrected chi connectivity index (χ2v) is 4.18. The van der Waals surface area contributed by atoms with Gasteiger partial charge in [-0.15, -0.1) is 0 Å². The van der Waals surface area contributed by atoms with Crippen molar-refractivity contribution in [3.05, 3.63) is 42.0 Å². The van der Waals surface area contributed by atoms with Crippen LogP contribution in [0.4, 0.5) is 0 Å². The SMILES string of the molecule is COCc1nc(-c2coc3ccccc23)oc1C(=O)O. The Morgan fingerprint density at radius 2 is 2.20 bits per heavy atom. The average Bonchev–Trinajstić information content (AvgIpc) is 3.02. The molecule has 0 radical (unpaired) electrons. The van der Waals surface area contributed by atoms with E-state index in [1.807, 2.05) is 24.3 Å². The van der Waals surface area contributed by atoms with E-state index in [1.54, 1.807) is 0 Å². The number of carbonyl (C=O) groups is 1. The summed E-state index contributed by atoms with van der Waals surface area (Å²) in [6, 6.07) is 7.38. The third-order valence-corrected chi connectivity index (χ3v) is 2.88. The number of aromatic nitrogens is 1. The number of carboxylic acid groups (broad SMARTS) is 1. The second-order valence-electron chi connectivity index (χ2n) is 4.18. The van der Waals surface area contributed by atoms with Crippen LogP contribution in [-0.4, -0.2) is 23.2 Å². The molecule has 102 valence electrons. The minimum absolute atomic E-state index is 0.0704. The van der Waals surface area contributed by atoms with E-state index in [1.165, 1.54) is 13.4 Å². The Hall–Kier alpha value is -2.60. The first-order valence-electron chi connectivity index (χ1n) is 5.89. The Kier molecular flexibility index (Phi) is 3.00. The first-order chi connectivity index (χ1) is 9.70. The van der Waals surface area contributed by atoms with Gasteiger partial charge in [0, 0.05) is 12.5 Å². The minimum atomic E-state index is -1.18. The van der Waals surface area contributed by atoms with Gasteiger partial charge in [0.1, 0.15) is 17.5 Å². The Balaban J connectivity index is 2.14. The molecule has 2 aromatic heterocycles. The Labute approximate surface area is 113 Å². The van der Waals surface area contributed by atoms with Gasteiger partial charge in [0.15, 0.2) is 0 Å². The van der Waals surface area contributed by atoms with Gasteiger partial charge in [-0.1, -0.05) is 18.2 Å². The zero-order valence-electron chi connectivity index (χ0n) is 10.6. The van der Waals surface area contributed by atoms with Crippen LogP contribution in [0.3, 0.4) is 0 Å². The fourth-order valence-electron chi connectivity index (χ4n) is 2.01. The molecule has 0 bridgehead atoms. The van der Waals surface area contributed by atoms with Gasteiger partial charge < -0.3 is 18.7 Å². The number of oxazole rings is 1. The maximum atomic E-state index is 11.1. The number of hydrogen-bond donors (Lipinski definition) is 1. The van der Waals surface area contributed by atoms with Crippen molar-refractivity contribution in [3.63, 3.8) is 0 Å². The summed E-state index contributed by atoms with van der Waals surface area (Å²) in [5.41, 5.74) is 1.55. The molecule has 2 heterocycles. The summed E-state index contributed by atoms with van der Waals surface area (Å²) in [4.78, 5) is 15.3. The summed E-state index contributed by atoms with van der Waals surface area (Å²) in [5.74, 6) is -1.19. The van der Waals surface area contributed by atoms with E-state index in [0.717, 1.165) is 5.39 Å². The Morgan fingerprint density at radius 3 is 2.95 bits per heavy atom. The minimum Gasteiger partial charge on any atom is -0.475 e. The van der Waals surface area contributed by atoms with Gasteiger partial charge in [0.25, 0.3) is 0 Å². The molecule has 0 atom stereocenters. The molecule has 0 saturated carbocycles. The average molecular weight is 273 g/mol. The number of methoxy groups -OCH3 is 1. The van der Waals surface area contributed by atoms with E-state index in [2.05, 4.69) is 4.98 Å². The third kappa shape index (κ3) is 1.96. The van der Waals surface area contributed by atoms with Crippen LogP contribution < -0.4 is 0 Å². The zero-order chi connectivity index (χ0) is 14.1. The van der Waals surface area contributed by atoms with Crippen LogP contribution in [0.25, 0.3) is 22.4 Å². The molecule has 3 rings (SSSR count). The van der Waals surface area contributed by atoms with Crippen LogP contribution in [0.1, 0.15) is 16.2 Å². The van der Waals surface area contributed by atoms with Crippen molar-refractivity contribution in [2.75, 3.05) is 7.11 Å². The topological polar surface area (TPSA) is 85.7 Å². The molecule has 6 nitrogen and oxygen atoms in total. The van der Waals surface area contributed by atoms with E-state index in [9.17, 15) is 4.79 Å². The molecule has 0 amide bonds. The number of rotatable bonds is 4. The maximum Gasteiger partial charge on any atom is 0.373 e. The maximum absolute atomic E-state index is 11.1. The van der Waals surface area contributed by atoms with Crippen molar-refractivity contribution >= 4 is 16.9 Å². The first kappa shape index (κ1) is 12.4. The number of nitrogens with zero attached hydrogens (tertiary/aromatic N) is 1. The van der Waals surface area contributed by atoms with Gasteiger partial charge in [0.05, 0.1) is 12.2 Å². The zero-order valence-corrected chi connectivity index (χ0v) is 10.6. The number of furan rings is 1. The summed E-state index contributed by atoms with van der Waals surface area (Å²) in [6.07, 6.45) is 1.50. The van der Waals surface area contributed by atoms with Gasteiger partial charge in [-0.25, -0.2) is 9.78 Å². The van der Waals surface area contributed by atoms with Gasteiger partial charge in [-0.2, -0.15) is 0 Å². The standard InChI is InChI=1S/C14H11NO5/c1-18-7-10-12(14(16)17)20-13(15-10)9-6-19-11-5-3-2-4-8(9)11/h2-6H,7H2,1H3,(H,16,17). The highest BCUT2D eigenvalue weighted by molar-refractivity contribution is 5.92. The number of benzene rings is 1. The highest BCUT2D eigenvalue weighted by Gasteiger charge is 2.22. The highest BCUT2D eigenvalue weighted by atomic mass is 16.5. The van der Waals surface area contributed by atoms with Gasteiger partial charge >= 0.3 is 5.97 Å². The molecule has 1 N–H and O–H groups in total. The molecule has 0 unspecified atom stereocenters. The predicted octanol–water partition coefficient (Wildman–Crippen LogP) is 2.93. The van der Waals surface area contributed by atoms with Crippen molar-refractivity contribution in [2.24, 2.45) is 0 Å².